The monoisotopic (exact) mass is 320 g/mol. The zero-order chi connectivity index (χ0) is 16.8. The number of nitriles is 1. The van der Waals surface area contributed by atoms with Gasteiger partial charge in [-0.15, -0.1) is 0 Å². The number of thioether (sulfide) groups is 1. The lowest BCUT2D eigenvalue weighted by atomic mass is 10.1. The van der Waals surface area contributed by atoms with Crippen LogP contribution in [0.2, 0.25) is 0 Å². The smallest absolute Gasteiger partial charge is 0.263 e. The number of hydrogen-bond acceptors (Lipinski definition) is 4. The van der Waals surface area contributed by atoms with E-state index < -0.39 is 5.60 Å². The highest BCUT2D eigenvalue weighted by Gasteiger charge is 2.29. The third kappa shape index (κ3) is 6.40. The minimum Gasteiger partial charge on any atom is -0.478 e. The zero-order valence-electron chi connectivity index (χ0n) is 13.9. The summed E-state index contributed by atoms with van der Waals surface area (Å²) in [5, 5.41) is 11.7. The van der Waals surface area contributed by atoms with Gasteiger partial charge in [0.15, 0.2) is 5.60 Å². The van der Waals surface area contributed by atoms with E-state index in [4.69, 9.17) is 10.00 Å². The molecule has 5 heteroatoms. The molecule has 1 aromatic rings. The van der Waals surface area contributed by atoms with E-state index in [2.05, 4.69) is 26.1 Å². The number of benzene rings is 1. The molecule has 0 saturated carbocycles. The first-order chi connectivity index (χ1) is 10.1. The number of carbonyl (C=O) groups is 1. The van der Waals surface area contributed by atoms with Gasteiger partial charge in [-0.3, -0.25) is 4.79 Å². The summed E-state index contributed by atoms with van der Waals surface area (Å²) in [7, 11) is 0. The Morgan fingerprint density at radius 2 is 1.82 bits per heavy atom. The summed E-state index contributed by atoms with van der Waals surface area (Å²) >= 11 is 1.81. The van der Waals surface area contributed by atoms with Crippen molar-refractivity contribution in [2.75, 3.05) is 12.3 Å². The van der Waals surface area contributed by atoms with Crippen LogP contribution in [0.5, 0.6) is 5.75 Å². The van der Waals surface area contributed by atoms with E-state index in [0.29, 0.717) is 17.9 Å². The molecule has 0 aliphatic carbocycles. The molecule has 120 valence electrons. The molecule has 0 atom stereocenters. The van der Waals surface area contributed by atoms with Gasteiger partial charge >= 0.3 is 0 Å². The van der Waals surface area contributed by atoms with Crippen molar-refractivity contribution in [2.24, 2.45) is 0 Å². The van der Waals surface area contributed by atoms with Crippen LogP contribution in [-0.4, -0.2) is 28.6 Å². The second kappa shape index (κ2) is 7.55. The molecule has 1 amide bonds. The predicted molar refractivity (Wildman–Crippen MR) is 91.1 cm³/mol. The quantitative estimate of drug-likeness (QED) is 0.816. The van der Waals surface area contributed by atoms with Crippen LogP contribution in [0, 0.1) is 11.3 Å². The second-order valence-electron chi connectivity index (χ2n) is 6.47. The molecule has 0 aromatic heterocycles. The van der Waals surface area contributed by atoms with E-state index in [1.165, 1.54) is 0 Å². The molecule has 0 aliphatic heterocycles. The van der Waals surface area contributed by atoms with Gasteiger partial charge in [-0.1, -0.05) is 20.8 Å². The minimum absolute atomic E-state index is 0.147. The molecule has 0 aliphatic rings. The lowest BCUT2D eigenvalue weighted by Crippen LogP contribution is -2.47. The summed E-state index contributed by atoms with van der Waals surface area (Å²) in [6, 6.07) is 8.78. The van der Waals surface area contributed by atoms with Gasteiger partial charge in [0.2, 0.25) is 0 Å². The molecule has 0 fully saturated rings. The van der Waals surface area contributed by atoms with Gasteiger partial charge in [-0.2, -0.15) is 17.0 Å². The van der Waals surface area contributed by atoms with Crippen LogP contribution >= 0.6 is 11.8 Å². The zero-order valence-corrected chi connectivity index (χ0v) is 14.7. The average molecular weight is 320 g/mol. The Morgan fingerprint density at radius 3 is 2.32 bits per heavy atom. The van der Waals surface area contributed by atoms with Crippen LogP contribution in [0.3, 0.4) is 0 Å². The highest BCUT2D eigenvalue weighted by Crippen LogP contribution is 2.22. The van der Waals surface area contributed by atoms with Gasteiger partial charge in [0.25, 0.3) is 5.91 Å². The fourth-order valence-corrected chi connectivity index (χ4v) is 2.49. The number of hydrogen-bond donors (Lipinski definition) is 1. The topological polar surface area (TPSA) is 62.1 Å². The number of ether oxygens (including phenoxy) is 1. The van der Waals surface area contributed by atoms with Gasteiger partial charge < -0.3 is 10.1 Å². The van der Waals surface area contributed by atoms with Gasteiger partial charge in [0.05, 0.1) is 11.6 Å². The van der Waals surface area contributed by atoms with E-state index in [1.54, 1.807) is 38.1 Å². The molecule has 1 aromatic carbocycles. The SMILES string of the molecule is CC(C)(C)SCCNC(=O)C(C)(C)Oc1ccc(C#N)cc1. The molecule has 0 heterocycles. The van der Waals surface area contributed by atoms with Gasteiger partial charge in [-0.25, -0.2) is 0 Å². The normalized spacial score (nSPS) is 11.6. The van der Waals surface area contributed by atoms with Crippen molar-refractivity contribution in [1.82, 2.24) is 5.32 Å². The first kappa shape index (κ1) is 18.4. The largest absolute Gasteiger partial charge is 0.478 e. The lowest BCUT2D eigenvalue weighted by Gasteiger charge is -2.25. The molecule has 0 saturated heterocycles. The number of amides is 1. The average Bonchev–Trinajstić information content (AvgIpc) is 2.42. The Bertz CT molecular complexity index is 539. The maximum atomic E-state index is 12.2. The molecule has 0 bridgehead atoms. The molecule has 1 N–H and O–H groups in total. The summed E-state index contributed by atoms with van der Waals surface area (Å²) in [4.78, 5) is 12.2. The first-order valence-corrected chi connectivity index (χ1v) is 8.24. The second-order valence-corrected chi connectivity index (χ2v) is 8.39. The van der Waals surface area contributed by atoms with Gasteiger partial charge in [-0.05, 0) is 38.1 Å². The van der Waals surface area contributed by atoms with Crippen molar-refractivity contribution < 1.29 is 9.53 Å². The van der Waals surface area contributed by atoms with Crippen LogP contribution in [-0.2, 0) is 4.79 Å². The van der Waals surface area contributed by atoms with Crippen molar-refractivity contribution >= 4 is 17.7 Å². The first-order valence-electron chi connectivity index (χ1n) is 7.25. The Kier molecular flexibility index (Phi) is 6.31. The maximum absolute atomic E-state index is 12.2. The molecular formula is C17H24N2O2S. The standard InChI is InChI=1S/C17H24N2O2S/c1-16(2,3)22-11-10-19-15(20)17(4,5)21-14-8-6-13(12-18)7-9-14/h6-9H,10-11H2,1-5H3,(H,19,20). The van der Waals surface area contributed by atoms with E-state index in [-0.39, 0.29) is 10.7 Å². The van der Waals surface area contributed by atoms with Crippen molar-refractivity contribution in [3.05, 3.63) is 29.8 Å². The van der Waals surface area contributed by atoms with Crippen molar-refractivity contribution in [3.63, 3.8) is 0 Å². The number of carbonyl (C=O) groups excluding carboxylic acids is 1. The third-order valence-electron chi connectivity index (χ3n) is 2.83. The Hall–Kier alpha value is -1.67. The van der Waals surface area contributed by atoms with Crippen LogP contribution in [0.1, 0.15) is 40.2 Å². The fraction of sp³-hybridized carbons (Fsp3) is 0.529. The number of rotatable bonds is 6. The summed E-state index contributed by atoms with van der Waals surface area (Å²) in [6.45, 7) is 10.5. The van der Waals surface area contributed by atoms with Crippen molar-refractivity contribution in [3.8, 4) is 11.8 Å². The van der Waals surface area contributed by atoms with Gasteiger partial charge in [0, 0.05) is 17.0 Å². The molecule has 22 heavy (non-hydrogen) atoms. The summed E-state index contributed by atoms with van der Waals surface area (Å²) in [5.41, 5.74) is -0.394. The van der Waals surface area contributed by atoms with Crippen LogP contribution in [0.4, 0.5) is 0 Å². The van der Waals surface area contributed by atoms with E-state index in [1.807, 2.05) is 17.8 Å². The predicted octanol–water partition coefficient (Wildman–Crippen LogP) is 3.36. The van der Waals surface area contributed by atoms with Crippen molar-refractivity contribution in [2.45, 2.75) is 45.0 Å². The van der Waals surface area contributed by atoms with E-state index in [0.717, 1.165) is 5.75 Å². The maximum Gasteiger partial charge on any atom is 0.263 e. The molecule has 1 rings (SSSR count). The Balaban J connectivity index is 2.50. The molecule has 4 nitrogen and oxygen atoms in total. The number of nitrogens with zero attached hydrogens (tertiary/aromatic N) is 1. The van der Waals surface area contributed by atoms with E-state index >= 15 is 0 Å². The van der Waals surface area contributed by atoms with Crippen LogP contribution in [0.25, 0.3) is 0 Å². The third-order valence-corrected chi connectivity index (χ3v) is 4.10. The van der Waals surface area contributed by atoms with Gasteiger partial charge in [0.1, 0.15) is 5.75 Å². The number of nitrogens with one attached hydrogen (secondary N) is 1. The highest BCUT2D eigenvalue weighted by atomic mass is 32.2. The summed E-state index contributed by atoms with van der Waals surface area (Å²) < 4.78 is 5.93. The Morgan fingerprint density at radius 1 is 1.23 bits per heavy atom. The van der Waals surface area contributed by atoms with Crippen LogP contribution < -0.4 is 10.1 Å². The fourth-order valence-electron chi connectivity index (χ4n) is 1.67. The van der Waals surface area contributed by atoms with Crippen LogP contribution in [0.15, 0.2) is 24.3 Å². The lowest BCUT2D eigenvalue weighted by molar-refractivity contribution is -0.134. The Labute approximate surface area is 137 Å². The molecule has 0 radical (unpaired) electrons. The van der Waals surface area contributed by atoms with Crippen molar-refractivity contribution in [1.29, 1.82) is 5.26 Å². The molecular weight excluding hydrogens is 296 g/mol. The summed E-state index contributed by atoms with van der Waals surface area (Å²) in [5.74, 6) is 1.29. The molecule has 0 unspecified atom stereocenters. The summed E-state index contributed by atoms with van der Waals surface area (Å²) in [6.07, 6.45) is 0. The molecule has 0 spiro atoms. The van der Waals surface area contributed by atoms with E-state index in [9.17, 15) is 4.79 Å². The highest BCUT2D eigenvalue weighted by molar-refractivity contribution is 8.00. The minimum atomic E-state index is -0.958.